The summed E-state index contributed by atoms with van der Waals surface area (Å²) in [7, 11) is 0. The average molecular weight is 377 g/mol. The molecule has 0 fully saturated rings. The first-order valence-electron chi connectivity index (χ1n) is 7.71. The minimum Gasteiger partial charge on any atom is -0.379 e. The van der Waals surface area contributed by atoms with Crippen molar-refractivity contribution in [1.82, 2.24) is 0 Å². The Bertz CT molecular complexity index is 841. The number of anilines is 3. The SMILES string of the molecule is CC(=O)Nc1ccc(Cl)c(NC(=O)CCNc2ccccc2[N+](=O)[O-])c1. The van der Waals surface area contributed by atoms with Gasteiger partial charge in [-0.3, -0.25) is 19.7 Å². The number of benzene rings is 2. The maximum atomic E-state index is 12.1. The molecule has 0 aliphatic carbocycles. The van der Waals surface area contributed by atoms with E-state index in [0.717, 1.165) is 0 Å². The second kappa shape index (κ2) is 8.82. The summed E-state index contributed by atoms with van der Waals surface area (Å²) in [4.78, 5) is 33.6. The second-order valence-electron chi connectivity index (χ2n) is 5.38. The molecule has 2 amide bonds. The van der Waals surface area contributed by atoms with Gasteiger partial charge in [0.05, 0.1) is 15.6 Å². The molecule has 0 unspecified atom stereocenters. The number of nitro groups is 1. The fourth-order valence-electron chi connectivity index (χ4n) is 2.21. The summed E-state index contributed by atoms with van der Waals surface area (Å²) in [6.07, 6.45) is 0.0761. The van der Waals surface area contributed by atoms with Gasteiger partial charge in [0.15, 0.2) is 0 Å². The summed E-state index contributed by atoms with van der Waals surface area (Å²) in [6, 6.07) is 10.9. The molecule has 136 valence electrons. The lowest BCUT2D eigenvalue weighted by molar-refractivity contribution is -0.384. The predicted molar refractivity (Wildman–Crippen MR) is 101 cm³/mol. The largest absolute Gasteiger partial charge is 0.379 e. The maximum absolute atomic E-state index is 12.1. The molecular formula is C17H17ClN4O4. The van der Waals surface area contributed by atoms with Crippen LogP contribution in [0.25, 0.3) is 0 Å². The van der Waals surface area contributed by atoms with Gasteiger partial charge < -0.3 is 16.0 Å². The molecule has 26 heavy (non-hydrogen) atoms. The zero-order valence-electron chi connectivity index (χ0n) is 13.9. The van der Waals surface area contributed by atoms with E-state index in [9.17, 15) is 19.7 Å². The lowest BCUT2D eigenvalue weighted by Gasteiger charge is -2.11. The Kier molecular flexibility index (Phi) is 6.51. The topological polar surface area (TPSA) is 113 Å². The highest BCUT2D eigenvalue weighted by molar-refractivity contribution is 6.33. The number of carbonyl (C=O) groups is 2. The molecule has 9 heteroatoms. The second-order valence-corrected chi connectivity index (χ2v) is 5.78. The van der Waals surface area contributed by atoms with Crippen LogP contribution in [0.3, 0.4) is 0 Å². The van der Waals surface area contributed by atoms with E-state index in [4.69, 9.17) is 11.6 Å². The number of rotatable bonds is 7. The minimum absolute atomic E-state index is 0.0565. The summed E-state index contributed by atoms with van der Waals surface area (Å²) in [5.74, 6) is -0.559. The van der Waals surface area contributed by atoms with E-state index >= 15 is 0 Å². The van der Waals surface area contributed by atoms with E-state index in [2.05, 4.69) is 16.0 Å². The fraction of sp³-hybridized carbons (Fsp3) is 0.176. The van der Waals surface area contributed by atoms with Crippen molar-refractivity contribution >= 4 is 46.2 Å². The van der Waals surface area contributed by atoms with Crippen molar-refractivity contribution in [3.8, 4) is 0 Å². The molecule has 0 bridgehead atoms. The molecule has 0 atom stereocenters. The van der Waals surface area contributed by atoms with Crippen molar-refractivity contribution in [2.24, 2.45) is 0 Å². The van der Waals surface area contributed by atoms with Crippen LogP contribution in [0, 0.1) is 10.1 Å². The van der Waals surface area contributed by atoms with Crippen molar-refractivity contribution in [1.29, 1.82) is 0 Å². The summed E-state index contributed by atoms with van der Waals surface area (Å²) in [5.41, 5.74) is 1.17. The number of halogens is 1. The smallest absolute Gasteiger partial charge is 0.292 e. The van der Waals surface area contributed by atoms with Gasteiger partial charge in [-0.1, -0.05) is 23.7 Å². The van der Waals surface area contributed by atoms with Gasteiger partial charge in [0.25, 0.3) is 5.69 Å². The van der Waals surface area contributed by atoms with Crippen LogP contribution in [0.2, 0.25) is 5.02 Å². The molecule has 2 aromatic carbocycles. The van der Waals surface area contributed by atoms with Gasteiger partial charge in [-0.2, -0.15) is 0 Å². The fourth-order valence-corrected chi connectivity index (χ4v) is 2.37. The number of hydrogen-bond donors (Lipinski definition) is 3. The lowest BCUT2D eigenvalue weighted by Crippen LogP contribution is -2.17. The number of para-hydroxylation sites is 2. The van der Waals surface area contributed by atoms with Gasteiger partial charge in [-0.05, 0) is 24.3 Å². The van der Waals surface area contributed by atoms with Crippen LogP contribution in [-0.2, 0) is 9.59 Å². The van der Waals surface area contributed by atoms with Crippen LogP contribution in [-0.4, -0.2) is 23.3 Å². The van der Waals surface area contributed by atoms with E-state index in [0.29, 0.717) is 22.1 Å². The maximum Gasteiger partial charge on any atom is 0.292 e. The lowest BCUT2D eigenvalue weighted by atomic mass is 10.2. The van der Waals surface area contributed by atoms with Crippen molar-refractivity contribution in [3.05, 3.63) is 57.6 Å². The molecule has 0 heterocycles. The molecule has 0 radical (unpaired) electrons. The van der Waals surface area contributed by atoms with Gasteiger partial charge >= 0.3 is 0 Å². The normalized spacial score (nSPS) is 10.1. The number of nitro benzene ring substituents is 1. The Hall–Kier alpha value is -3.13. The quantitative estimate of drug-likeness (QED) is 0.504. The number of amides is 2. The van der Waals surface area contributed by atoms with Gasteiger partial charge in [0, 0.05) is 31.6 Å². The van der Waals surface area contributed by atoms with Crippen LogP contribution < -0.4 is 16.0 Å². The number of carbonyl (C=O) groups excluding carboxylic acids is 2. The molecule has 0 saturated carbocycles. The van der Waals surface area contributed by atoms with Gasteiger partial charge in [-0.15, -0.1) is 0 Å². The first-order chi connectivity index (χ1) is 12.4. The van der Waals surface area contributed by atoms with E-state index in [1.165, 1.54) is 13.0 Å². The third-order valence-corrected chi connectivity index (χ3v) is 3.66. The van der Waals surface area contributed by atoms with Crippen molar-refractivity contribution in [3.63, 3.8) is 0 Å². The molecular weight excluding hydrogens is 360 g/mol. The minimum atomic E-state index is -0.490. The number of nitrogens with one attached hydrogen (secondary N) is 3. The molecule has 0 saturated heterocycles. The number of nitrogens with zero attached hydrogens (tertiary/aromatic N) is 1. The Morgan fingerprint density at radius 2 is 1.85 bits per heavy atom. The zero-order valence-corrected chi connectivity index (χ0v) is 14.7. The van der Waals surface area contributed by atoms with Crippen LogP contribution in [0.4, 0.5) is 22.7 Å². The summed E-state index contributed by atoms with van der Waals surface area (Å²) >= 11 is 6.04. The van der Waals surface area contributed by atoms with E-state index < -0.39 is 4.92 Å². The molecule has 8 nitrogen and oxygen atoms in total. The Morgan fingerprint density at radius 3 is 2.54 bits per heavy atom. The Morgan fingerprint density at radius 1 is 1.12 bits per heavy atom. The van der Waals surface area contributed by atoms with Gasteiger partial charge in [0.2, 0.25) is 11.8 Å². The summed E-state index contributed by atoms with van der Waals surface area (Å²) in [5, 5.41) is 19.4. The van der Waals surface area contributed by atoms with E-state index in [1.54, 1.807) is 36.4 Å². The molecule has 2 rings (SSSR count). The van der Waals surface area contributed by atoms with Crippen LogP contribution >= 0.6 is 11.6 Å². The zero-order chi connectivity index (χ0) is 19.1. The molecule has 0 spiro atoms. The highest BCUT2D eigenvalue weighted by atomic mass is 35.5. The van der Waals surface area contributed by atoms with Crippen LogP contribution in [0.1, 0.15) is 13.3 Å². The number of hydrogen-bond acceptors (Lipinski definition) is 5. The van der Waals surface area contributed by atoms with E-state index in [1.807, 2.05) is 0 Å². The highest BCUT2D eigenvalue weighted by Crippen LogP contribution is 2.26. The third kappa shape index (κ3) is 5.45. The molecule has 3 N–H and O–H groups in total. The van der Waals surface area contributed by atoms with Crippen molar-refractivity contribution in [2.75, 3.05) is 22.5 Å². The third-order valence-electron chi connectivity index (χ3n) is 3.33. The Balaban J connectivity index is 1.93. The first kappa shape index (κ1) is 19.2. The molecule has 0 aliphatic rings. The van der Waals surface area contributed by atoms with Gasteiger partial charge in [0.1, 0.15) is 5.69 Å². The summed E-state index contributed by atoms with van der Waals surface area (Å²) < 4.78 is 0. The average Bonchev–Trinajstić information content (AvgIpc) is 2.57. The van der Waals surface area contributed by atoms with E-state index in [-0.39, 0.29) is 30.5 Å². The van der Waals surface area contributed by atoms with Crippen molar-refractivity contribution < 1.29 is 14.5 Å². The Labute approximate surface area is 154 Å². The standard InChI is InChI=1S/C17H17ClN4O4/c1-11(23)20-12-6-7-13(18)15(10-12)21-17(24)8-9-19-14-4-2-3-5-16(14)22(25)26/h2-7,10,19H,8-9H2,1H3,(H,20,23)(H,21,24). The predicted octanol–water partition coefficient (Wildman–Crippen LogP) is 3.65. The van der Waals surface area contributed by atoms with Gasteiger partial charge in [-0.25, -0.2) is 0 Å². The van der Waals surface area contributed by atoms with Crippen LogP contribution in [0.15, 0.2) is 42.5 Å². The molecule has 0 aromatic heterocycles. The molecule has 0 aliphatic heterocycles. The first-order valence-corrected chi connectivity index (χ1v) is 8.09. The van der Waals surface area contributed by atoms with Crippen molar-refractivity contribution in [2.45, 2.75) is 13.3 Å². The highest BCUT2D eigenvalue weighted by Gasteiger charge is 2.12. The summed E-state index contributed by atoms with van der Waals surface area (Å²) in [6.45, 7) is 1.58. The monoisotopic (exact) mass is 376 g/mol. The molecule has 2 aromatic rings. The van der Waals surface area contributed by atoms with Crippen LogP contribution in [0.5, 0.6) is 0 Å².